The number of halogens is 2. The second-order valence-electron chi connectivity index (χ2n) is 4.25. The highest BCUT2D eigenvalue weighted by molar-refractivity contribution is 5.94. The van der Waals surface area contributed by atoms with Crippen molar-refractivity contribution in [3.8, 4) is 0 Å². The molecule has 0 aromatic heterocycles. The molecule has 0 heterocycles. The van der Waals surface area contributed by atoms with Crippen LogP contribution in [-0.2, 0) is 9.53 Å². The monoisotopic (exact) mass is 285 g/mol. The zero-order valence-electron chi connectivity index (χ0n) is 11.5. The number of benzene rings is 1. The molecule has 20 heavy (non-hydrogen) atoms. The van der Waals surface area contributed by atoms with Gasteiger partial charge >= 0.3 is 5.97 Å². The summed E-state index contributed by atoms with van der Waals surface area (Å²) in [6.45, 7) is 3.68. The van der Waals surface area contributed by atoms with E-state index in [1.165, 1.54) is 6.92 Å². The average Bonchev–Trinajstić information content (AvgIpc) is 2.39. The van der Waals surface area contributed by atoms with Gasteiger partial charge in [-0.25, -0.2) is 8.78 Å². The Morgan fingerprint density at radius 1 is 1.25 bits per heavy atom. The summed E-state index contributed by atoms with van der Waals surface area (Å²) in [6, 6.07) is 1.84. The summed E-state index contributed by atoms with van der Waals surface area (Å²) in [6.07, 6.45) is 0.575. The predicted molar refractivity (Wildman–Crippen MR) is 69.3 cm³/mol. The molecule has 4 nitrogen and oxygen atoms in total. The molecule has 0 fully saturated rings. The summed E-state index contributed by atoms with van der Waals surface area (Å²) < 4.78 is 31.2. The van der Waals surface area contributed by atoms with Crippen molar-refractivity contribution in [2.75, 3.05) is 13.2 Å². The van der Waals surface area contributed by atoms with E-state index >= 15 is 0 Å². The standard InChI is InChI=1S/C14H17F2NO3/c1-3-20-13(18)5-4-6-17-14(19)10-7-9(2)11(15)8-12(10)16/h7-8H,3-6H2,1-2H3,(H,17,19). The Balaban J connectivity index is 2.48. The van der Waals surface area contributed by atoms with Crippen LogP contribution in [0.15, 0.2) is 12.1 Å². The van der Waals surface area contributed by atoms with Crippen LogP contribution in [0.3, 0.4) is 0 Å². The lowest BCUT2D eigenvalue weighted by Crippen LogP contribution is -2.26. The second kappa shape index (κ2) is 7.57. The first-order chi connectivity index (χ1) is 9.45. The highest BCUT2D eigenvalue weighted by Gasteiger charge is 2.14. The normalized spacial score (nSPS) is 10.2. The van der Waals surface area contributed by atoms with Crippen molar-refractivity contribution in [1.82, 2.24) is 5.32 Å². The molecule has 1 amide bonds. The number of amides is 1. The molecule has 0 saturated carbocycles. The van der Waals surface area contributed by atoms with Gasteiger partial charge in [-0.1, -0.05) is 0 Å². The van der Waals surface area contributed by atoms with Gasteiger partial charge in [0.05, 0.1) is 12.2 Å². The van der Waals surface area contributed by atoms with Crippen LogP contribution in [0.1, 0.15) is 35.7 Å². The lowest BCUT2D eigenvalue weighted by molar-refractivity contribution is -0.143. The van der Waals surface area contributed by atoms with Crippen LogP contribution in [0.25, 0.3) is 0 Å². The van der Waals surface area contributed by atoms with E-state index in [2.05, 4.69) is 5.32 Å². The van der Waals surface area contributed by atoms with Crippen molar-refractivity contribution in [3.05, 3.63) is 34.9 Å². The van der Waals surface area contributed by atoms with Crippen molar-refractivity contribution in [3.63, 3.8) is 0 Å². The second-order valence-corrected chi connectivity index (χ2v) is 4.25. The molecule has 0 aliphatic rings. The summed E-state index contributed by atoms with van der Waals surface area (Å²) in [5.41, 5.74) is -0.0110. The molecule has 0 bridgehead atoms. The molecule has 0 saturated heterocycles. The van der Waals surface area contributed by atoms with Crippen LogP contribution in [0.2, 0.25) is 0 Å². The maximum Gasteiger partial charge on any atom is 0.305 e. The van der Waals surface area contributed by atoms with E-state index in [-0.39, 0.29) is 30.1 Å². The van der Waals surface area contributed by atoms with Crippen LogP contribution < -0.4 is 5.32 Å². The first-order valence-corrected chi connectivity index (χ1v) is 6.35. The maximum absolute atomic E-state index is 13.4. The molecular weight excluding hydrogens is 268 g/mol. The van der Waals surface area contributed by atoms with E-state index in [0.29, 0.717) is 19.1 Å². The number of carbonyl (C=O) groups excluding carboxylic acids is 2. The van der Waals surface area contributed by atoms with E-state index in [1.807, 2.05) is 0 Å². The molecule has 0 radical (unpaired) electrons. The smallest absolute Gasteiger partial charge is 0.305 e. The van der Waals surface area contributed by atoms with Crippen LogP contribution in [0.5, 0.6) is 0 Å². The van der Waals surface area contributed by atoms with E-state index in [1.54, 1.807) is 6.92 Å². The Labute approximate surface area is 116 Å². The van der Waals surface area contributed by atoms with Gasteiger partial charge in [0.25, 0.3) is 5.91 Å². The molecule has 1 aromatic rings. The fourth-order valence-electron chi connectivity index (χ4n) is 1.59. The summed E-state index contributed by atoms with van der Waals surface area (Å²) in [4.78, 5) is 22.8. The number of hydrogen-bond acceptors (Lipinski definition) is 3. The van der Waals surface area contributed by atoms with Gasteiger partial charge in [0.2, 0.25) is 0 Å². The van der Waals surface area contributed by atoms with Crippen molar-refractivity contribution >= 4 is 11.9 Å². The molecule has 0 unspecified atom stereocenters. The number of ether oxygens (including phenoxy) is 1. The minimum Gasteiger partial charge on any atom is -0.466 e. The molecule has 0 atom stereocenters. The van der Waals surface area contributed by atoms with Crippen LogP contribution in [0, 0.1) is 18.6 Å². The van der Waals surface area contributed by atoms with Crippen LogP contribution in [0.4, 0.5) is 8.78 Å². The quantitative estimate of drug-likeness (QED) is 0.645. The first-order valence-electron chi connectivity index (χ1n) is 6.35. The molecule has 1 rings (SSSR count). The number of nitrogens with one attached hydrogen (secondary N) is 1. The molecular formula is C14H17F2NO3. The summed E-state index contributed by atoms with van der Waals surface area (Å²) in [5.74, 6) is -2.57. The lowest BCUT2D eigenvalue weighted by atomic mass is 10.1. The Hall–Kier alpha value is -1.98. The number of rotatable bonds is 6. The molecule has 6 heteroatoms. The molecule has 0 aliphatic carbocycles. The Morgan fingerprint density at radius 3 is 2.60 bits per heavy atom. The number of hydrogen-bond donors (Lipinski definition) is 1. The van der Waals surface area contributed by atoms with E-state index in [0.717, 1.165) is 6.07 Å². The zero-order chi connectivity index (χ0) is 15.1. The number of aryl methyl sites for hydroxylation is 1. The summed E-state index contributed by atoms with van der Waals surface area (Å²) in [7, 11) is 0. The molecule has 0 spiro atoms. The topological polar surface area (TPSA) is 55.4 Å². The van der Waals surface area contributed by atoms with Crippen molar-refractivity contribution in [2.45, 2.75) is 26.7 Å². The van der Waals surface area contributed by atoms with Gasteiger partial charge in [0.15, 0.2) is 0 Å². The van der Waals surface area contributed by atoms with Gasteiger partial charge in [0, 0.05) is 19.0 Å². The Morgan fingerprint density at radius 2 is 1.95 bits per heavy atom. The Bertz CT molecular complexity index is 503. The van der Waals surface area contributed by atoms with Gasteiger partial charge in [-0.05, 0) is 31.9 Å². The highest BCUT2D eigenvalue weighted by Crippen LogP contribution is 2.14. The first kappa shape index (κ1) is 16.1. The van der Waals surface area contributed by atoms with Gasteiger partial charge in [-0.3, -0.25) is 9.59 Å². The molecule has 110 valence electrons. The van der Waals surface area contributed by atoms with Crippen LogP contribution >= 0.6 is 0 Å². The zero-order valence-corrected chi connectivity index (χ0v) is 11.5. The van der Waals surface area contributed by atoms with Crippen molar-refractivity contribution in [2.24, 2.45) is 0 Å². The Kier molecular flexibility index (Phi) is 6.09. The fraction of sp³-hybridized carbons (Fsp3) is 0.429. The average molecular weight is 285 g/mol. The van der Waals surface area contributed by atoms with Gasteiger partial charge in [-0.2, -0.15) is 0 Å². The van der Waals surface area contributed by atoms with Gasteiger partial charge < -0.3 is 10.1 Å². The molecule has 1 aromatic carbocycles. The van der Waals surface area contributed by atoms with E-state index in [9.17, 15) is 18.4 Å². The van der Waals surface area contributed by atoms with Gasteiger partial charge in [0.1, 0.15) is 11.6 Å². The summed E-state index contributed by atoms with van der Waals surface area (Å²) in [5, 5.41) is 2.47. The molecule has 1 N–H and O–H groups in total. The third-order valence-electron chi connectivity index (χ3n) is 2.64. The van der Waals surface area contributed by atoms with E-state index in [4.69, 9.17) is 4.74 Å². The predicted octanol–water partition coefficient (Wildman–Crippen LogP) is 2.35. The number of carbonyl (C=O) groups is 2. The minimum absolute atomic E-state index is 0.180. The maximum atomic E-state index is 13.4. The lowest BCUT2D eigenvalue weighted by Gasteiger charge is -2.07. The summed E-state index contributed by atoms with van der Waals surface area (Å²) >= 11 is 0. The van der Waals surface area contributed by atoms with Crippen molar-refractivity contribution < 1.29 is 23.1 Å². The van der Waals surface area contributed by atoms with Crippen molar-refractivity contribution in [1.29, 1.82) is 0 Å². The third kappa shape index (κ3) is 4.60. The van der Waals surface area contributed by atoms with Gasteiger partial charge in [-0.15, -0.1) is 0 Å². The third-order valence-corrected chi connectivity index (χ3v) is 2.64. The van der Waals surface area contributed by atoms with Crippen LogP contribution in [-0.4, -0.2) is 25.0 Å². The number of esters is 1. The SMILES string of the molecule is CCOC(=O)CCCNC(=O)c1cc(C)c(F)cc1F. The minimum atomic E-state index is -0.906. The highest BCUT2D eigenvalue weighted by atomic mass is 19.1. The van der Waals surface area contributed by atoms with E-state index < -0.39 is 17.5 Å². The largest absolute Gasteiger partial charge is 0.466 e. The fourth-order valence-corrected chi connectivity index (χ4v) is 1.59. The molecule has 0 aliphatic heterocycles.